The van der Waals surface area contributed by atoms with Gasteiger partial charge in [0.1, 0.15) is 0 Å². The van der Waals surface area contributed by atoms with E-state index in [0.717, 1.165) is 6.54 Å². The van der Waals surface area contributed by atoms with Gasteiger partial charge in [0, 0.05) is 19.1 Å². The number of urea groups is 1. The Bertz CT molecular complexity index is 408. The highest BCUT2D eigenvalue weighted by Gasteiger charge is 2.41. The normalized spacial score (nSPS) is 21.2. The van der Waals surface area contributed by atoms with E-state index < -0.39 is 0 Å². The maximum absolute atomic E-state index is 12.2. The van der Waals surface area contributed by atoms with Crippen molar-refractivity contribution in [3.8, 4) is 0 Å². The summed E-state index contributed by atoms with van der Waals surface area (Å²) in [4.78, 5) is 16.0. The molecule has 0 aliphatic carbocycles. The average molecular weight is 232 g/mol. The first-order valence-electron chi connectivity index (χ1n) is 6.00. The first-order chi connectivity index (χ1) is 7.91. The van der Waals surface area contributed by atoms with Gasteiger partial charge in [0.2, 0.25) is 0 Å². The molecule has 3 heteroatoms. The summed E-state index contributed by atoms with van der Waals surface area (Å²) in [6.45, 7) is 7.01. The van der Waals surface area contributed by atoms with E-state index in [1.165, 1.54) is 5.56 Å². The highest BCUT2D eigenvalue weighted by molar-refractivity contribution is 5.78. The predicted octanol–water partition coefficient (Wildman–Crippen LogP) is 2.89. The Hall–Kier alpha value is -1.51. The van der Waals surface area contributed by atoms with Crippen molar-refractivity contribution in [1.82, 2.24) is 9.80 Å². The fraction of sp³-hybridized carbons (Fsp3) is 0.500. The van der Waals surface area contributed by atoms with E-state index in [0.29, 0.717) is 0 Å². The molecule has 0 bridgehead atoms. The first-order valence-corrected chi connectivity index (χ1v) is 6.00. The molecule has 1 saturated heterocycles. The van der Waals surface area contributed by atoms with Crippen LogP contribution in [-0.2, 0) is 0 Å². The summed E-state index contributed by atoms with van der Waals surface area (Å²) < 4.78 is 0. The van der Waals surface area contributed by atoms with Gasteiger partial charge >= 0.3 is 6.03 Å². The van der Waals surface area contributed by atoms with Crippen molar-refractivity contribution >= 4 is 6.03 Å². The first kappa shape index (κ1) is 12.0. The summed E-state index contributed by atoms with van der Waals surface area (Å²) >= 11 is 0. The molecule has 1 aliphatic rings. The van der Waals surface area contributed by atoms with Crippen LogP contribution >= 0.6 is 0 Å². The zero-order valence-electron chi connectivity index (χ0n) is 11.0. The van der Waals surface area contributed by atoms with Crippen molar-refractivity contribution < 1.29 is 4.79 Å². The Morgan fingerprint density at radius 1 is 1.18 bits per heavy atom. The minimum Gasteiger partial charge on any atom is -0.325 e. The lowest BCUT2D eigenvalue weighted by Crippen LogP contribution is -2.44. The van der Waals surface area contributed by atoms with Gasteiger partial charge in [-0.05, 0) is 26.3 Å². The fourth-order valence-corrected chi connectivity index (χ4v) is 2.42. The van der Waals surface area contributed by atoms with Crippen molar-refractivity contribution in [2.75, 3.05) is 13.6 Å². The van der Waals surface area contributed by atoms with E-state index in [1.807, 2.05) is 30.1 Å². The Kier molecular flexibility index (Phi) is 2.86. The molecule has 1 atom stereocenters. The standard InChI is InChI=1S/C14H20N2O/c1-14(2,3)16-12(10-15(4)13(16)17)11-8-6-5-7-9-11/h5-9,12H,10H2,1-4H3. The second kappa shape index (κ2) is 4.06. The van der Waals surface area contributed by atoms with E-state index in [4.69, 9.17) is 0 Å². The van der Waals surface area contributed by atoms with Crippen molar-refractivity contribution in [3.05, 3.63) is 35.9 Å². The molecule has 2 amide bonds. The smallest absolute Gasteiger partial charge is 0.320 e. The molecule has 0 aromatic heterocycles. The number of rotatable bonds is 1. The zero-order chi connectivity index (χ0) is 12.6. The third-order valence-corrected chi connectivity index (χ3v) is 3.20. The summed E-state index contributed by atoms with van der Waals surface area (Å²) in [5.41, 5.74) is 1.06. The molecular weight excluding hydrogens is 212 g/mol. The van der Waals surface area contributed by atoms with E-state index in [1.54, 1.807) is 4.90 Å². The molecule has 1 aliphatic heterocycles. The van der Waals surface area contributed by atoms with Gasteiger partial charge in [-0.2, -0.15) is 0 Å². The fourth-order valence-electron chi connectivity index (χ4n) is 2.42. The number of carbonyl (C=O) groups is 1. The largest absolute Gasteiger partial charge is 0.325 e. The van der Waals surface area contributed by atoms with Gasteiger partial charge in [-0.3, -0.25) is 0 Å². The Labute approximate surface area is 103 Å². The molecule has 0 N–H and O–H groups in total. The van der Waals surface area contributed by atoms with Crippen LogP contribution in [0.3, 0.4) is 0 Å². The lowest BCUT2D eigenvalue weighted by molar-refractivity contribution is 0.136. The summed E-state index contributed by atoms with van der Waals surface area (Å²) in [6.07, 6.45) is 0. The predicted molar refractivity (Wildman–Crippen MR) is 68.8 cm³/mol. The molecule has 3 nitrogen and oxygen atoms in total. The SMILES string of the molecule is CN1CC(c2ccccc2)N(C(C)(C)C)C1=O. The van der Waals surface area contributed by atoms with Crippen molar-refractivity contribution in [2.24, 2.45) is 0 Å². The van der Waals surface area contributed by atoms with Gasteiger partial charge in [-0.25, -0.2) is 4.79 Å². The van der Waals surface area contributed by atoms with Gasteiger partial charge in [0.25, 0.3) is 0 Å². The minimum absolute atomic E-state index is 0.117. The van der Waals surface area contributed by atoms with Gasteiger partial charge < -0.3 is 9.80 Å². The Balaban J connectivity index is 2.37. The van der Waals surface area contributed by atoms with E-state index in [2.05, 4.69) is 32.9 Å². The maximum atomic E-state index is 12.2. The summed E-state index contributed by atoms with van der Waals surface area (Å²) in [7, 11) is 1.87. The number of likely N-dealkylation sites (N-methyl/N-ethyl adjacent to an activating group) is 1. The molecule has 0 spiro atoms. The summed E-state index contributed by atoms with van der Waals surface area (Å²) in [5.74, 6) is 0. The van der Waals surface area contributed by atoms with Gasteiger partial charge in [-0.1, -0.05) is 30.3 Å². The van der Waals surface area contributed by atoms with Crippen LogP contribution < -0.4 is 0 Å². The maximum Gasteiger partial charge on any atom is 0.320 e. The number of hydrogen-bond donors (Lipinski definition) is 0. The lowest BCUT2D eigenvalue weighted by Gasteiger charge is -2.36. The molecule has 1 heterocycles. The highest BCUT2D eigenvalue weighted by atomic mass is 16.2. The van der Waals surface area contributed by atoms with Crippen LogP contribution in [0.2, 0.25) is 0 Å². The number of carbonyl (C=O) groups excluding carboxylic acids is 1. The number of amides is 2. The molecule has 1 aromatic carbocycles. The van der Waals surface area contributed by atoms with Gasteiger partial charge in [-0.15, -0.1) is 0 Å². The topological polar surface area (TPSA) is 23.6 Å². The van der Waals surface area contributed by atoms with Crippen LogP contribution in [-0.4, -0.2) is 35.0 Å². The van der Waals surface area contributed by atoms with Crippen molar-refractivity contribution in [3.63, 3.8) is 0 Å². The molecule has 0 saturated carbocycles. The van der Waals surface area contributed by atoms with Crippen LogP contribution in [0.25, 0.3) is 0 Å². The van der Waals surface area contributed by atoms with Crippen LogP contribution in [0.1, 0.15) is 32.4 Å². The van der Waals surface area contributed by atoms with Crippen molar-refractivity contribution in [1.29, 1.82) is 0 Å². The molecule has 1 fully saturated rings. The highest BCUT2D eigenvalue weighted by Crippen LogP contribution is 2.34. The third-order valence-electron chi connectivity index (χ3n) is 3.20. The van der Waals surface area contributed by atoms with Crippen LogP contribution in [0.15, 0.2) is 30.3 Å². The Morgan fingerprint density at radius 3 is 2.29 bits per heavy atom. The van der Waals surface area contributed by atoms with Crippen LogP contribution in [0.4, 0.5) is 4.79 Å². The second-order valence-electron chi connectivity index (χ2n) is 5.63. The number of benzene rings is 1. The molecule has 1 unspecified atom stereocenters. The van der Waals surface area contributed by atoms with E-state index >= 15 is 0 Å². The van der Waals surface area contributed by atoms with E-state index in [9.17, 15) is 4.79 Å². The second-order valence-corrected chi connectivity index (χ2v) is 5.63. The van der Waals surface area contributed by atoms with Gasteiger partial charge in [0.15, 0.2) is 0 Å². The molecule has 2 rings (SSSR count). The third kappa shape index (κ3) is 2.14. The van der Waals surface area contributed by atoms with Gasteiger partial charge in [0.05, 0.1) is 6.04 Å². The van der Waals surface area contributed by atoms with E-state index in [-0.39, 0.29) is 17.6 Å². The quantitative estimate of drug-likeness (QED) is 0.730. The average Bonchev–Trinajstić information content (AvgIpc) is 2.56. The zero-order valence-corrected chi connectivity index (χ0v) is 11.0. The van der Waals surface area contributed by atoms with Crippen LogP contribution in [0.5, 0.6) is 0 Å². The summed E-state index contributed by atoms with van der Waals surface area (Å²) in [6, 6.07) is 10.5. The Morgan fingerprint density at radius 2 is 1.76 bits per heavy atom. The molecule has 0 radical (unpaired) electrons. The number of hydrogen-bond acceptors (Lipinski definition) is 1. The number of nitrogens with zero attached hydrogens (tertiary/aromatic N) is 2. The molecule has 1 aromatic rings. The monoisotopic (exact) mass is 232 g/mol. The molecular formula is C14H20N2O. The molecule has 92 valence electrons. The molecule has 17 heavy (non-hydrogen) atoms. The summed E-state index contributed by atoms with van der Waals surface area (Å²) in [5, 5.41) is 0. The lowest BCUT2D eigenvalue weighted by atomic mass is 10.00. The van der Waals surface area contributed by atoms with Crippen LogP contribution in [0, 0.1) is 0 Å². The van der Waals surface area contributed by atoms with Crippen molar-refractivity contribution in [2.45, 2.75) is 32.4 Å². The minimum atomic E-state index is -0.150.